The van der Waals surface area contributed by atoms with Crippen molar-refractivity contribution in [2.75, 3.05) is 13.6 Å². The molecule has 4 heteroatoms. The summed E-state index contributed by atoms with van der Waals surface area (Å²) in [4.78, 5) is 2.36. The normalized spacial score (nSPS) is 18.4. The molecule has 0 aromatic carbocycles. The van der Waals surface area contributed by atoms with Crippen molar-refractivity contribution in [3.05, 3.63) is 18.0 Å². The number of likely N-dealkylation sites (N-methyl/N-ethyl adjacent to an activating group) is 1. The SMILES string of the molecule is CN(Cc1ccnn1C)C(CN)C1CC1. The minimum absolute atomic E-state index is 0.542. The highest BCUT2D eigenvalue weighted by atomic mass is 15.3. The Morgan fingerprint density at radius 2 is 2.40 bits per heavy atom. The lowest BCUT2D eigenvalue weighted by Gasteiger charge is -2.26. The predicted octanol–water partition coefficient (Wildman–Crippen LogP) is 0.589. The van der Waals surface area contributed by atoms with Crippen LogP contribution in [-0.2, 0) is 13.6 Å². The van der Waals surface area contributed by atoms with Gasteiger partial charge in [0.05, 0.1) is 5.69 Å². The van der Waals surface area contributed by atoms with E-state index in [1.807, 2.05) is 17.9 Å². The molecule has 2 rings (SSSR count). The molecule has 15 heavy (non-hydrogen) atoms. The molecule has 84 valence electrons. The second kappa shape index (κ2) is 4.33. The number of nitrogens with two attached hydrogens (primary N) is 1. The average molecular weight is 208 g/mol. The van der Waals surface area contributed by atoms with Gasteiger partial charge in [0.25, 0.3) is 0 Å². The summed E-state index contributed by atoms with van der Waals surface area (Å²) >= 11 is 0. The van der Waals surface area contributed by atoms with E-state index in [0.29, 0.717) is 6.04 Å². The van der Waals surface area contributed by atoms with Crippen LogP contribution in [0.1, 0.15) is 18.5 Å². The third-order valence-electron chi connectivity index (χ3n) is 3.31. The van der Waals surface area contributed by atoms with E-state index >= 15 is 0 Å². The van der Waals surface area contributed by atoms with Crippen molar-refractivity contribution < 1.29 is 0 Å². The molecular weight excluding hydrogens is 188 g/mol. The van der Waals surface area contributed by atoms with Crippen LogP contribution in [0.5, 0.6) is 0 Å². The van der Waals surface area contributed by atoms with Crippen molar-refractivity contribution in [2.24, 2.45) is 18.7 Å². The molecule has 1 aliphatic carbocycles. The minimum Gasteiger partial charge on any atom is -0.329 e. The van der Waals surface area contributed by atoms with Gasteiger partial charge >= 0.3 is 0 Å². The van der Waals surface area contributed by atoms with Crippen molar-refractivity contribution >= 4 is 0 Å². The monoisotopic (exact) mass is 208 g/mol. The van der Waals surface area contributed by atoms with E-state index in [-0.39, 0.29) is 0 Å². The third kappa shape index (κ3) is 2.38. The van der Waals surface area contributed by atoms with E-state index in [9.17, 15) is 0 Å². The summed E-state index contributed by atoms with van der Waals surface area (Å²) in [5.74, 6) is 0.827. The molecule has 1 aromatic heterocycles. The molecule has 0 bridgehead atoms. The van der Waals surface area contributed by atoms with Gasteiger partial charge in [-0.1, -0.05) is 0 Å². The lowest BCUT2D eigenvalue weighted by molar-refractivity contribution is 0.210. The van der Waals surface area contributed by atoms with Crippen LogP contribution in [0, 0.1) is 5.92 Å². The second-order valence-electron chi connectivity index (χ2n) is 4.50. The molecule has 1 unspecified atom stereocenters. The molecule has 1 heterocycles. The summed E-state index contributed by atoms with van der Waals surface area (Å²) in [6, 6.07) is 2.61. The standard InChI is InChI=1S/C11H20N4/c1-14(11(7-12)9-3-4-9)8-10-5-6-13-15(10)2/h5-6,9,11H,3-4,7-8,12H2,1-2H3. The summed E-state index contributed by atoms with van der Waals surface area (Å²) in [5, 5.41) is 4.17. The van der Waals surface area contributed by atoms with E-state index in [1.165, 1.54) is 18.5 Å². The number of hydrogen-bond acceptors (Lipinski definition) is 3. The van der Waals surface area contributed by atoms with Gasteiger partial charge in [0.15, 0.2) is 0 Å². The van der Waals surface area contributed by atoms with Gasteiger partial charge in [0.2, 0.25) is 0 Å². The Bertz CT molecular complexity index is 316. The van der Waals surface area contributed by atoms with Gasteiger partial charge in [-0.25, -0.2) is 0 Å². The van der Waals surface area contributed by atoms with Crippen molar-refractivity contribution in [1.29, 1.82) is 0 Å². The Balaban J connectivity index is 1.95. The smallest absolute Gasteiger partial charge is 0.0521 e. The lowest BCUT2D eigenvalue weighted by Crippen LogP contribution is -2.39. The fraction of sp³-hybridized carbons (Fsp3) is 0.727. The first-order valence-corrected chi connectivity index (χ1v) is 5.59. The molecule has 0 saturated heterocycles. The minimum atomic E-state index is 0.542. The Hall–Kier alpha value is -0.870. The molecule has 1 saturated carbocycles. The third-order valence-corrected chi connectivity index (χ3v) is 3.31. The first-order valence-electron chi connectivity index (χ1n) is 5.59. The van der Waals surface area contributed by atoms with Crippen LogP contribution in [0.3, 0.4) is 0 Å². The highest BCUT2D eigenvalue weighted by Crippen LogP contribution is 2.34. The van der Waals surface area contributed by atoms with Crippen LogP contribution in [-0.4, -0.2) is 34.3 Å². The first-order chi connectivity index (χ1) is 7.22. The molecule has 1 atom stereocenters. The van der Waals surface area contributed by atoms with Crippen molar-refractivity contribution in [3.63, 3.8) is 0 Å². The second-order valence-corrected chi connectivity index (χ2v) is 4.50. The van der Waals surface area contributed by atoms with Gasteiger partial charge in [-0.15, -0.1) is 0 Å². The zero-order chi connectivity index (χ0) is 10.8. The molecule has 0 spiro atoms. The van der Waals surface area contributed by atoms with Crippen LogP contribution in [0.2, 0.25) is 0 Å². The summed E-state index contributed by atoms with van der Waals surface area (Å²) in [6.45, 7) is 1.70. The maximum atomic E-state index is 5.82. The fourth-order valence-corrected chi connectivity index (χ4v) is 2.14. The maximum Gasteiger partial charge on any atom is 0.0521 e. The summed E-state index contributed by atoms with van der Waals surface area (Å²) < 4.78 is 1.93. The zero-order valence-electron chi connectivity index (χ0n) is 9.56. The first kappa shape index (κ1) is 10.6. The van der Waals surface area contributed by atoms with E-state index in [2.05, 4.69) is 23.1 Å². The van der Waals surface area contributed by atoms with E-state index in [4.69, 9.17) is 5.73 Å². The number of aromatic nitrogens is 2. The van der Waals surface area contributed by atoms with E-state index in [0.717, 1.165) is 19.0 Å². The highest BCUT2D eigenvalue weighted by molar-refractivity contribution is 5.01. The Labute approximate surface area is 91.1 Å². The summed E-state index contributed by atoms with van der Waals surface area (Å²) in [7, 11) is 4.14. The van der Waals surface area contributed by atoms with Gasteiger partial charge in [0, 0.05) is 32.4 Å². The van der Waals surface area contributed by atoms with E-state index in [1.54, 1.807) is 0 Å². The predicted molar refractivity (Wildman–Crippen MR) is 60.2 cm³/mol. The molecule has 2 N–H and O–H groups in total. The molecule has 0 radical (unpaired) electrons. The Morgan fingerprint density at radius 1 is 1.67 bits per heavy atom. The van der Waals surface area contributed by atoms with Crippen molar-refractivity contribution in [1.82, 2.24) is 14.7 Å². The molecule has 0 amide bonds. The number of hydrogen-bond donors (Lipinski definition) is 1. The van der Waals surface area contributed by atoms with Gasteiger partial charge < -0.3 is 5.73 Å². The summed E-state index contributed by atoms with van der Waals surface area (Å²) in [6.07, 6.45) is 4.53. The van der Waals surface area contributed by atoms with Gasteiger partial charge in [-0.3, -0.25) is 9.58 Å². The zero-order valence-corrected chi connectivity index (χ0v) is 9.56. The average Bonchev–Trinajstić information content (AvgIpc) is 2.95. The van der Waals surface area contributed by atoms with Crippen LogP contribution >= 0.6 is 0 Å². The van der Waals surface area contributed by atoms with Crippen LogP contribution in [0.25, 0.3) is 0 Å². The largest absolute Gasteiger partial charge is 0.329 e. The number of rotatable bonds is 5. The van der Waals surface area contributed by atoms with Gasteiger partial charge in [-0.2, -0.15) is 5.10 Å². The number of nitrogens with zero attached hydrogens (tertiary/aromatic N) is 3. The molecular formula is C11H20N4. The highest BCUT2D eigenvalue weighted by Gasteiger charge is 2.32. The van der Waals surface area contributed by atoms with Gasteiger partial charge in [-0.05, 0) is 31.9 Å². The number of aryl methyl sites for hydroxylation is 1. The Kier molecular flexibility index (Phi) is 3.07. The molecule has 1 aromatic rings. The lowest BCUT2D eigenvalue weighted by atomic mass is 10.1. The fourth-order valence-electron chi connectivity index (χ4n) is 2.14. The van der Waals surface area contributed by atoms with Crippen LogP contribution in [0.15, 0.2) is 12.3 Å². The quantitative estimate of drug-likeness (QED) is 0.770. The van der Waals surface area contributed by atoms with Crippen LogP contribution in [0.4, 0.5) is 0 Å². The molecule has 0 aliphatic heterocycles. The molecule has 4 nitrogen and oxygen atoms in total. The Morgan fingerprint density at radius 3 is 2.87 bits per heavy atom. The van der Waals surface area contributed by atoms with Crippen molar-refractivity contribution in [2.45, 2.75) is 25.4 Å². The topological polar surface area (TPSA) is 47.1 Å². The van der Waals surface area contributed by atoms with Crippen LogP contribution < -0.4 is 5.73 Å². The van der Waals surface area contributed by atoms with Crippen molar-refractivity contribution in [3.8, 4) is 0 Å². The molecule has 1 fully saturated rings. The summed E-state index contributed by atoms with van der Waals surface area (Å²) in [5.41, 5.74) is 7.06. The van der Waals surface area contributed by atoms with E-state index < -0.39 is 0 Å². The van der Waals surface area contributed by atoms with Gasteiger partial charge in [0.1, 0.15) is 0 Å². The maximum absolute atomic E-state index is 5.82. The molecule has 1 aliphatic rings.